The van der Waals surface area contributed by atoms with Gasteiger partial charge in [0.15, 0.2) is 0 Å². The molecule has 2 heterocycles. The number of H-pyrrole nitrogens is 1. The van der Waals surface area contributed by atoms with Gasteiger partial charge in [-0.2, -0.15) is 0 Å². The Kier molecular flexibility index (Phi) is 6.49. The molecule has 2 aromatic carbocycles. The molecule has 1 aromatic heterocycles. The van der Waals surface area contributed by atoms with E-state index >= 15 is 0 Å². The van der Waals surface area contributed by atoms with Gasteiger partial charge in [-0.25, -0.2) is 4.98 Å². The van der Waals surface area contributed by atoms with E-state index in [-0.39, 0.29) is 28.5 Å². The maximum Gasteiger partial charge on any atom is 0.292 e. The Morgan fingerprint density at radius 3 is 2.56 bits per heavy atom. The summed E-state index contributed by atoms with van der Waals surface area (Å²) in [6.07, 6.45) is 3.83. The zero-order valence-corrected chi connectivity index (χ0v) is 18.0. The van der Waals surface area contributed by atoms with Crippen LogP contribution in [0.15, 0.2) is 60.8 Å². The smallest absolute Gasteiger partial charge is 0.292 e. The van der Waals surface area contributed by atoms with Gasteiger partial charge in [0, 0.05) is 25.1 Å². The Morgan fingerprint density at radius 1 is 1.19 bits per heavy atom. The van der Waals surface area contributed by atoms with E-state index in [2.05, 4.69) is 15.3 Å². The lowest BCUT2D eigenvalue weighted by molar-refractivity contribution is -0.384. The molecule has 0 saturated carbocycles. The first kappa shape index (κ1) is 21.5. The number of amides is 1. The molecule has 1 aliphatic rings. The number of nitrogens with one attached hydrogen (secondary N) is 2. The number of hydrogen-bond donors (Lipinski definition) is 2. The third kappa shape index (κ3) is 4.64. The average molecular weight is 434 g/mol. The average Bonchev–Trinajstić information content (AvgIpc) is 3.33. The lowest BCUT2D eigenvalue weighted by atomic mass is 9.95. The summed E-state index contributed by atoms with van der Waals surface area (Å²) < 4.78 is 0. The third-order valence-corrected chi connectivity index (χ3v) is 6.02. The molecule has 0 radical (unpaired) electrons. The van der Waals surface area contributed by atoms with Crippen LogP contribution in [0.2, 0.25) is 0 Å². The standard InChI is InChI=1S/C24H27N5O3/c1-2-19(23-25-16-20(26-23)17-8-4-3-5-9-17)27-24(30)18-12-14-28(15-13-18)21-10-6-7-11-22(21)29(31)32/h3-11,16,18-19H,2,12-15H2,1H3,(H,25,26)(H,27,30). The number of carbonyl (C=O) groups excluding carboxylic acids is 1. The summed E-state index contributed by atoms with van der Waals surface area (Å²) in [6.45, 7) is 3.24. The van der Waals surface area contributed by atoms with Crippen molar-refractivity contribution < 1.29 is 9.72 Å². The number of anilines is 1. The van der Waals surface area contributed by atoms with E-state index in [1.165, 1.54) is 6.07 Å². The van der Waals surface area contributed by atoms with Gasteiger partial charge in [-0.05, 0) is 30.9 Å². The second-order valence-electron chi connectivity index (χ2n) is 8.02. The molecule has 2 N–H and O–H groups in total. The number of imidazole rings is 1. The molecule has 1 saturated heterocycles. The van der Waals surface area contributed by atoms with Crippen molar-refractivity contribution in [1.29, 1.82) is 0 Å². The summed E-state index contributed by atoms with van der Waals surface area (Å²) in [7, 11) is 0. The van der Waals surface area contributed by atoms with Gasteiger partial charge in [0.05, 0.1) is 22.9 Å². The molecule has 0 bridgehead atoms. The van der Waals surface area contributed by atoms with Crippen LogP contribution < -0.4 is 10.2 Å². The van der Waals surface area contributed by atoms with Gasteiger partial charge >= 0.3 is 0 Å². The highest BCUT2D eigenvalue weighted by Crippen LogP contribution is 2.31. The molecule has 3 aromatic rings. The number of piperidine rings is 1. The molecule has 8 nitrogen and oxygen atoms in total. The van der Waals surface area contributed by atoms with Crippen molar-refractivity contribution in [2.75, 3.05) is 18.0 Å². The Morgan fingerprint density at radius 2 is 1.88 bits per heavy atom. The van der Waals surface area contributed by atoms with Crippen LogP contribution in [0.3, 0.4) is 0 Å². The molecule has 0 aliphatic carbocycles. The van der Waals surface area contributed by atoms with E-state index in [0.717, 1.165) is 23.5 Å². The molecule has 4 rings (SSSR count). The molecule has 1 atom stereocenters. The van der Waals surface area contributed by atoms with Crippen LogP contribution in [-0.4, -0.2) is 33.9 Å². The number of benzene rings is 2. The maximum atomic E-state index is 13.0. The Balaban J connectivity index is 1.37. The van der Waals surface area contributed by atoms with Crippen molar-refractivity contribution in [3.8, 4) is 11.3 Å². The van der Waals surface area contributed by atoms with Crippen molar-refractivity contribution in [2.45, 2.75) is 32.2 Å². The fourth-order valence-electron chi connectivity index (χ4n) is 4.20. The monoisotopic (exact) mass is 433 g/mol. The van der Waals surface area contributed by atoms with Crippen LogP contribution in [0.25, 0.3) is 11.3 Å². The lowest BCUT2D eigenvalue weighted by Gasteiger charge is -2.33. The first-order valence-electron chi connectivity index (χ1n) is 11.0. The number of para-hydroxylation sites is 2. The van der Waals surface area contributed by atoms with E-state index in [9.17, 15) is 14.9 Å². The number of hydrogen-bond acceptors (Lipinski definition) is 5. The molecule has 0 spiro atoms. The van der Waals surface area contributed by atoms with Gasteiger partial charge in [-0.15, -0.1) is 0 Å². The summed E-state index contributed by atoms with van der Waals surface area (Å²) in [4.78, 5) is 33.8. The molecule has 1 unspecified atom stereocenters. The van der Waals surface area contributed by atoms with E-state index in [1.54, 1.807) is 24.4 Å². The van der Waals surface area contributed by atoms with Gasteiger partial charge in [-0.1, -0.05) is 49.4 Å². The predicted octanol–water partition coefficient (Wildman–Crippen LogP) is 4.47. The number of nitro groups is 1. The van der Waals surface area contributed by atoms with E-state index in [1.807, 2.05) is 42.2 Å². The second-order valence-corrected chi connectivity index (χ2v) is 8.02. The number of nitro benzene ring substituents is 1. The first-order chi connectivity index (χ1) is 15.6. The molecule has 8 heteroatoms. The molecule has 1 amide bonds. The van der Waals surface area contributed by atoms with Gasteiger partial charge in [0.25, 0.3) is 5.69 Å². The van der Waals surface area contributed by atoms with Crippen molar-refractivity contribution >= 4 is 17.3 Å². The van der Waals surface area contributed by atoms with Gasteiger partial charge in [0.1, 0.15) is 11.5 Å². The van der Waals surface area contributed by atoms with Gasteiger partial charge < -0.3 is 15.2 Å². The highest BCUT2D eigenvalue weighted by atomic mass is 16.6. The van der Waals surface area contributed by atoms with Crippen molar-refractivity contribution in [2.24, 2.45) is 5.92 Å². The normalized spacial score (nSPS) is 15.3. The van der Waals surface area contributed by atoms with Crippen LogP contribution in [0.4, 0.5) is 11.4 Å². The van der Waals surface area contributed by atoms with E-state index in [4.69, 9.17) is 0 Å². The number of rotatable bonds is 7. The summed E-state index contributed by atoms with van der Waals surface area (Å²) in [5.74, 6) is 0.639. The number of nitrogens with zero attached hydrogens (tertiary/aromatic N) is 3. The molecule has 166 valence electrons. The first-order valence-corrected chi connectivity index (χ1v) is 11.0. The molecule has 32 heavy (non-hydrogen) atoms. The minimum atomic E-state index is -0.354. The van der Waals surface area contributed by atoms with Crippen LogP contribution in [0, 0.1) is 16.0 Å². The summed E-state index contributed by atoms with van der Waals surface area (Å²) in [5.41, 5.74) is 2.70. The molecule has 1 fully saturated rings. The minimum absolute atomic E-state index is 0.0109. The summed E-state index contributed by atoms with van der Waals surface area (Å²) in [5, 5.41) is 14.5. The largest absolute Gasteiger partial charge is 0.366 e. The fraction of sp³-hybridized carbons (Fsp3) is 0.333. The Labute approximate surface area is 186 Å². The molecule has 1 aliphatic heterocycles. The Bertz CT molecular complexity index is 1070. The molecular formula is C24H27N5O3. The highest BCUT2D eigenvalue weighted by Gasteiger charge is 2.29. The zero-order valence-electron chi connectivity index (χ0n) is 18.0. The van der Waals surface area contributed by atoms with Gasteiger partial charge in [0.2, 0.25) is 5.91 Å². The number of carbonyl (C=O) groups is 1. The topological polar surface area (TPSA) is 104 Å². The van der Waals surface area contributed by atoms with Crippen molar-refractivity contribution in [3.05, 3.63) is 76.7 Å². The summed E-state index contributed by atoms with van der Waals surface area (Å²) >= 11 is 0. The molecular weight excluding hydrogens is 406 g/mol. The highest BCUT2D eigenvalue weighted by molar-refractivity contribution is 5.79. The third-order valence-electron chi connectivity index (χ3n) is 6.02. The van der Waals surface area contributed by atoms with Crippen LogP contribution >= 0.6 is 0 Å². The minimum Gasteiger partial charge on any atom is -0.366 e. The quantitative estimate of drug-likeness (QED) is 0.423. The van der Waals surface area contributed by atoms with Crippen molar-refractivity contribution in [3.63, 3.8) is 0 Å². The van der Waals surface area contributed by atoms with Crippen LogP contribution in [-0.2, 0) is 4.79 Å². The SMILES string of the molecule is CCC(NC(=O)C1CCN(c2ccccc2[N+](=O)[O-])CC1)c1ncc(-c2ccccc2)[nH]1. The maximum absolute atomic E-state index is 13.0. The van der Waals surface area contributed by atoms with Crippen LogP contribution in [0.5, 0.6) is 0 Å². The van der Waals surface area contributed by atoms with Crippen LogP contribution in [0.1, 0.15) is 38.1 Å². The predicted molar refractivity (Wildman–Crippen MR) is 123 cm³/mol. The van der Waals surface area contributed by atoms with Crippen molar-refractivity contribution in [1.82, 2.24) is 15.3 Å². The fourth-order valence-corrected chi connectivity index (χ4v) is 4.20. The second kappa shape index (κ2) is 9.64. The van der Waals surface area contributed by atoms with Gasteiger partial charge in [-0.3, -0.25) is 14.9 Å². The Hall–Kier alpha value is -3.68. The lowest BCUT2D eigenvalue weighted by Crippen LogP contribution is -2.41. The zero-order chi connectivity index (χ0) is 22.5. The van der Waals surface area contributed by atoms with E-state index in [0.29, 0.717) is 31.6 Å². The summed E-state index contributed by atoms with van der Waals surface area (Å²) in [6, 6.07) is 16.5. The number of aromatic amines is 1. The van der Waals surface area contributed by atoms with E-state index < -0.39 is 0 Å². The number of aromatic nitrogens is 2.